The van der Waals surface area contributed by atoms with Gasteiger partial charge in [-0.2, -0.15) is 12.6 Å². The van der Waals surface area contributed by atoms with Crippen molar-refractivity contribution in [2.45, 2.75) is 128 Å². The Hall–Kier alpha value is -2.92. The van der Waals surface area contributed by atoms with Crippen LogP contribution < -0.4 is 21.7 Å². The van der Waals surface area contributed by atoms with Gasteiger partial charge in [-0.15, -0.1) is 0 Å². The van der Waals surface area contributed by atoms with Crippen molar-refractivity contribution in [1.29, 1.82) is 0 Å². The molecule has 10 nitrogen and oxygen atoms in total. The molecule has 0 radical (unpaired) electrons. The summed E-state index contributed by atoms with van der Waals surface area (Å²) in [6, 6.07) is 8.69. The first-order valence-corrected chi connectivity index (χ1v) is 17.9. The van der Waals surface area contributed by atoms with Gasteiger partial charge in [0.25, 0.3) is 5.91 Å². The summed E-state index contributed by atoms with van der Waals surface area (Å²) in [6.45, 7) is 10.9. The minimum absolute atomic E-state index is 0.166. The molecule has 1 heterocycles. The van der Waals surface area contributed by atoms with Crippen molar-refractivity contribution < 1.29 is 24.0 Å². The number of benzene rings is 1. The molecule has 3 fully saturated rings. The highest BCUT2D eigenvalue weighted by Crippen LogP contribution is 2.40. The van der Waals surface area contributed by atoms with Crippen LogP contribution in [0.15, 0.2) is 30.3 Å². The van der Waals surface area contributed by atoms with Gasteiger partial charge in [-0.05, 0) is 68.3 Å². The van der Waals surface area contributed by atoms with E-state index in [9.17, 15) is 24.0 Å². The van der Waals surface area contributed by atoms with Crippen molar-refractivity contribution in [3.63, 3.8) is 0 Å². The average Bonchev–Trinajstić information content (AvgIpc) is 3.75. The molecule has 4 atom stereocenters. The molecule has 2 aliphatic carbocycles. The summed E-state index contributed by atoms with van der Waals surface area (Å²) in [6.07, 6.45) is 10.6. The fourth-order valence-corrected chi connectivity index (χ4v) is 6.37. The van der Waals surface area contributed by atoms with Gasteiger partial charge in [0.2, 0.25) is 11.7 Å². The van der Waals surface area contributed by atoms with E-state index in [0.717, 1.165) is 70.0 Å². The number of likely N-dealkylation sites (tertiary alicyclic amines) is 1. The number of urea groups is 1. The van der Waals surface area contributed by atoms with Crippen molar-refractivity contribution in [2.24, 2.45) is 17.1 Å². The molecular formula is C36H59N5O5S. The third-order valence-corrected chi connectivity index (χ3v) is 9.56. The lowest BCUT2D eigenvalue weighted by molar-refractivity contribution is -0.139. The summed E-state index contributed by atoms with van der Waals surface area (Å²) in [5.74, 6) is -0.203. The van der Waals surface area contributed by atoms with Gasteiger partial charge in [-0.1, -0.05) is 97.1 Å². The molecule has 4 amide bonds. The second-order valence-electron chi connectivity index (χ2n) is 14.4. The topological polar surface area (TPSA) is 151 Å². The van der Waals surface area contributed by atoms with Gasteiger partial charge in [-0.25, -0.2) is 4.79 Å². The van der Waals surface area contributed by atoms with E-state index in [4.69, 9.17) is 5.73 Å². The van der Waals surface area contributed by atoms with E-state index in [-0.39, 0.29) is 34.9 Å². The normalized spacial score (nSPS) is 20.9. The molecular weight excluding hydrogens is 614 g/mol. The fourth-order valence-electron chi connectivity index (χ4n) is 6.37. The maximum atomic E-state index is 12.7. The number of likely N-dealkylation sites (N-methyl/N-ethyl adjacent to an activating group) is 1. The Morgan fingerprint density at radius 3 is 2.09 bits per heavy atom. The number of hydrogen-bond donors (Lipinski definition) is 5. The molecule has 4 rings (SSSR count). The summed E-state index contributed by atoms with van der Waals surface area (Å²) in [5.41, 5.74) is 5.73. The predicted molar refractivity (Wildman–Crippen MR) is 190 cm³/mol. The second-order valence-corrected chi connectivity index (χ2v) is 15.0. The SMILES string of the molecule is CC(c1ccccc1)C1(NC(=O)NC(C=O)C(C)(C)C)CCCCC1.CCS.CN1CCCC1C(=O)NC(CC1CC1)C(=O)C(N)=O. The van der Waals surface area contributed by atoms with Gasteiger partial charge >= 0.3 is 6.03 Å². The fraction of sp³-hybridized carbons (Fsp3) is 0.694. The Balaban J connectivity index is 0.000000311. The van der Waals surface area contributed by atoms with Crippen LogP contribution in [0, 0.1) is 11.3 Å². The van der Waals surface area contributed by atoms with Gasteiger partial charge in [0.05, 0.1) is 18.1 Å². The van der Waals surface area contributed by atoms with Crippen LogP contribution in [0.5, 0.6) is 0 Å². The molecule has 5 N–H and O–H groups in total. The van der Waals surface area contributed by atoms with Crippen LogP contribution in [0.1, 0.15) is 110 Å². The zero-order valence-corrected chi connectivity index (χ0v) is 30.2. The van der Waals surface area contributed by atoms with E-state index in [1.54, 1.807) is 0 Å². The van der Waals surface area contributed by atoms with E-state index in [2.05, 4.69) is 47.6 Å². The zero-order valence-electron chi connectivity index (χ0n) is 29.3. The number of aldehydes is 1. The molecule has 0 spiro atoms. The lowest BCUT2D eigenvalue weighted by Crippen LogP contribution is -2.59. The van der Waals surface area contributed by atoms with Gasteiger partial charge in [0.1, 0.15) is 6.29 Å². The van der Waals surface area contributed by atoms with E-state index in [1.807, 2.05) is 57.8 Å². The second kappa shape index (κ2) is 19.2. The van der Waals surface area contributed by atoms with E-state index < -0.39 is 23.8 Å². The molecule has 2 saturated carbocycles. The Morgan fingerprint density at radius 2 is 1.62 bits per heavy atom. The number of rotatable bonds is 11. The van der Waals surface area contributed by atoms with Crippen LogP contribution in [-0.4, -0.2) is 77.8 Å². The Labute approximate surface area is 287 Å². The molecule has 0 aromatic heterocycles. The highest BCUT2D eigenvalue weighted by molar-refractivity contribution is 7.80. The molecule has 1 aromatic carbocycles. The van der Waals surface area contributed by atoms with Crippen LogP contribution >= 0.6 is 12.6 Å². The predicted octanol–water partition coefficient (Wildman–Crippen LogP) is 4.76. The van der Waals surface area contributed by atoms with E-state index in [1.165, 1.54) is 12.0 Å². The van der Waals surface area contributed by atoms with Crippen molar-refractivity contribution in [3.8, 4) is 0 Å². The third-order valence-electron chi connectivity index (χ3n) is 9.56. The number of carbonyl (C=O) groups excluding carboxylic acids is 5. The molecule has 0 bridgehead atoms. The Bertz CT molecular complexity index is 1160. The molecule has 1 aliphatic heterocycles. The number of amides is 4. The smallest absolute Gasteiger partial charge is 0.315 e. The summed E-state index contributed by atoms with van der Waals surface area (Å²) in [5, 5.41) is 8.84. The van der Waals surface area contributed by atoms with Crippen LogP contribution in [0.3, 0.4) is 0 Å². The number of primary amides is 1. The van der Waals surface area contributed by atoms with E-state index >= 15 is 0 Å². The lowest BCUT2D eigenvalue weighted by atomic mass is 9.71. The van der Waals surface area contributed by atoms with Gasteiger partial charge in [0.15, 0.2) is 0 Å². The van der Waals surface area contributed by atoms with Gasteiger partial charge in [0, 0.05) is 11.5 Å². The number of Topliss-reactive ketones (excluding diaryl/α,β-unsaturated/α-hetero) is 1. The first-order valence-electron chi connectivity index (χ1n) is 17.2. The molecule has 3 aliphatic rings. The van der Waals surface area contributed by atoms with Crippen molar-refractivity contribution in [1.82, 2.24) is 20.9 Å². The van der Waals surface area contributed by atoms with Gasteiger partial charge < -0.3 is 26.5 Å². The number of ketones is 1. The summed E-state index contributed by atoms with van der Waals surface area (Å²) < 4.78 is 0. The standard InChI is InChI=1S/C21H32N2O2.C13H21N3O3.C2H6S/c1-16(17-11-7-5-8-12-17)21(13-9-6-10-14-21)23-19(25)22-18(15-24)20(2,3)4;1-16-6-2-3-10(16)13(19)15-9(7-8-4-5-8)11(17)12(14)18;1-2-3/h5,7-8,11-12,15-16,18H,6,9-10,13-14H2,1-4H3,(H2,22,23,25);8-10H,2-7H2,1H3,(H2,14,18)(H,15,19);3H,2H2,1H3. The van der Waals surface area contributed by atoms with Crippen LogP contribution in [-0.2, 0) is 19.2 Å². The summed E-state index contributed by atoms with van der Waals surface area (Å²) in [4.78, 5) is 60.9. The highest BCUT2D eigenvalue weighted by atomic mass is 32.1. The van der Waals surface area contributed by atoms with Crippen molar-refractivity contribution in [3.05, 3.63) is 35.9 Å². The monoisotopic (exact) mass is 673 g/mol. The minimum Gasteiger partial charge on any atom is -0.363 e. The molecule has 264 valence electrons. The zero-order chi connectivity index (χ0) is 35.2. The molecule has 47 heavy (non-hydrogen) atoms. The first-order chi connectivity index (χ1) is 22.2. The first kappa shape index (κ1) is 40.3. The quantitative estimate of drug-likeness (QED) is 0.130. The summed E-state index contributed by atoms with van der Waals surface area (Å²) in [7, 11) is 1.89. The summed E-state index contributed by atoms with van der Waals surface area (Å²) >= 11 is 3.79. The van der Waals surface area contributed by atoms with Crippen molar-refractivity contribution in [2.75, 3.05) is 19.3 Å². The Kier molecular flexibility index (Phi) is 16.4. The molecule has 1 saturated heterocycles. The number of carbonyl (C=O) groups is 5. The van der Waals surface area contributed by atoms with Crippen LogP contribution in [0.2, 0.25) is 0 Å². The highest BCUT2D eigenvalue weighted by Gasteiger charge is 2.40. The number of hydrogen-bond acceptors (Lipinski definition) is 7. The number of nitrogens with zero attached hydrogens (tertiary/aromatic N) is 1. The Morgan fingerprint density at radius 1 is 1.02 bits per heavy atom. The molecule has 1 aromatic rings. The lowest BCUT2D eigenvalue weighted by Gasteiger charge is -2.43. The molecule has 4 unspecified atom stereocenters. The number of thiol groups is 1. The number of nitrogens with two attached hydrogens (primary N) is 1. The average molecular weight is 674 g/mol. The third kappa shape index (κ3) is 12.9. The van der Waals surface area contributed by atoms with Crippen LogP contribution in [0.25, 0.3) is 0 Å². The maximum Gasteiger partial charge on any atom is 0.315 e. The maximum absolute atomic E-state index is 12.7. The van der Waals surface area contributed by atoms with Crippen LogP contribution in [0.4, 0.5) is 4.79 Å². The largest absolute Gasteiger partial charge is 0.363 e. The number of nitrogens with one attached hydrogen (secondary N) is 3. The van der Waals surface area contributed by atoms with E-state index in [0.29, 0.717) is 12.3 Å². The van der Waals surface area contributed by atoms with Crippen molar-refractivity contribution >= 4 is 42.5 Å². The van der Waals surface area contributed by atoms with Gasteiger partial charge in [-0.3, -0.25) is 19.3 Å². The molecule has 11 heteroatoms. The minimum atomic E-state index is -0.967.